The molecule has 3 rings (SSSR count). The number of nitrogens with zero attached hydrogens (tertiary/aromatic N) is 1. The number of carbonyl (C=O) groups excluding carboxylic acids is 1. The van der Waals surface area contributed by atoms with Gasteiger partial charge >= 0.3 is 0 Å². The van der Waals surface area contributed by atoms with Crippen LogP contribution < -0.4 is 5.32 Å². The van der Waals surface area contributed by atoms with Crippen molar-refractivity contribution in [2.75, 3.05) is 13.1 Å². The van der Waals surface area contributed by atoms with Gasteiger partial charge in [-0.3, -0.25) is 9.69 Å². The molecule has 27 heavy (non-hydrogen) atoms. The Hall–Kier alpha value is -0.970. The number of likely N-dealkylation sites (tertiary alicyclic amines) is 1. The van der Waals surface area contributed by atoms with Gasteiger partial charge in [-0.1, -0.05) is 58.5 Å². The van der Waals surface area contributed by atoms with Gasteiger partial charge in [0.15, 0.2) is 0 Å². The molecular weight excluding hydrogens is 426 g/mol. The zero-order valence-electron chi connectivity index (χ0n) is 14.7. The van der Waals surface area contributed by atoms with E-state index in [-0.39, 0.29) is 11.8 Å². The minimum atomic E-state index is -0.0455. The number of carbonyl (C=O) groups is 1. The Balaban J connectivity index is 1.56. The highest BCUT2D eigenvalue weighted by molar-refractivity contribution is 6.35. The molecule has 1 N–H and O–H groups in total. The molecule has 1 unspecified atom stereocenters. The summed E-state index contributed by atoms with van der Waals surface area (Å²) in [6, 6.07) is 10.8. The maximum Gasteiger partial charge on any atom is 0.224 e. The molecule has 144 valence electrons. The average molecular weight is 446 g/mol. The van der Waals surface area contributed by atoms with E-state index in [1.165, 1.54) is 0 Å². The van der Waals surface area contributed by atoms with Gasteiger partial charge in [0.1, 0.15) is 0 Å². The van der Waals surface area contributed by atoms with Gasteiger partial charge in [-0.15, -0.1) is 0 Å². The fraction of sp³-hybridized carbons (Fsp3) is 0.350. The lowest BCUT2D eigenvalue weighted by Gasteiger charge is -2.32. The Kier molecular flexibility index (Phi) is 7.29. The minimum absolute atomic E-state index is 0.0455. The first kappa shape index (κ1) is 20.8. The van der Waals surface area contributed by atoms with Gasteiger partial charge in [-0.2, -0.15) is 0 Å². The van der Waals surface area contributed by atoms with Crippen molar-refractivity contribution in [3.63, 3.8) is 0 Å². The fourth-order valence-electron chi connectivity index (χ4n) is 3.30. The summed E-state index contributed by atoms with van der Waals surface area (Å²) < 4.78 is 0. The first-order chi connectivity index (χ1) is 12.9. The quantitative estimate of drug-likeness (QED) is 0.627. The summed E-state index contributed by atoms with van der Waals surface area (Å²) in [5.41, 5.74) is 1.88. The van der Waals surface area contributed by atoms with Gasteiger partial charge < -0.3 is 5.32 Å². The normalized spacial score (nSPS) is 17.7. The van der Waals surface area contributed by atoms with Crippen molar-refractivity contribution in [2.45, 2.75) is 25.9 Å². The molecular formula is C20H20Cl4N2O. The van der Waals surface area contributed by atoms with E-state index < -0.39 is 0 Å². The Morgan fingerprint density at radius 1 is 1.00 bits per heavy atom. The molecule has 0 aliphatic carbocycles. The van der Waals surface area contributed by atoms with Gasteiger partial charge in [0.2, 0.25) is 5.91 Å². The third-order valence-electron chi connectivity index (χ3n) is 4.75. The molecule has 1 saturated heterocycles. The summed E-state index contributed by atoms with van der Waals surface area (Å²) in [7, 11) is 0. The second kappa shape index (κ2) is 9.49. The predicted octanol–water partition coefficient (Wildman–Crippen LogP) is 5.83. The van der Waals surface area contributed by atoms with Crippen molar-refractivity contribution in [3.05, 3.63) is 67.6 Å². The molecule has 2 aromatic rings. The standard InChI is InChI=1S/C20H20Cl4N2O/c21-16-5-3-13(18(23)8-16)10-25-20(27)15-2-1-7-26(12-15)11-14-4-6-17(22)9-19(14)24/h3-6,8-9,15H,1-2,7,10-12H2,(H,25,27). The molecule has 0 radical (unpaired) electrons. The van der Waals surface area contributed by atoms with Gasteiger partial charge in [0.05, 0.1) is 5.92 Å². The summed E-state index contributed by atoms with van der Waals surface area (Å²) in [6.45, 7) is 2.77. The summed E-state index contributed by atoms with van der Waals surface area (Å²) >= 11 is 24.3. The number of nitrogens with one attached hydrogen (secondary N) is 1. The van der Waals surface area contributed by atoms with Crippen LogP contribution in [0.1, 0.15) is 24.0 Å². The van der Waals surface area contributed by atoms with Crippen LogP contribution in [0.4, 0.5) is 0 Å². The Labute approximate surface area is 179 Å². The summed E-state index contributed by atoms with van der Waals surface area (Å²) in [5, 5.41) is 5.42. The Morgan fingerprint density at radius 3 is 2.26 bits per heavy atom. The first-order valence-electron chi connectivity index (χ1n) is 8.80. The molecule has 0 saturated carbocycles. The summed E-state index contributed by atoms with van der Waals surface area (Å²) in [5.74, 6) is 0.00354. The van der Waals surface area contributed by atoms with Crippen LogP contribution in [-0.2, 0) is 17.9 Å². The molecule has 3 nitrogen and oxygen atoms in total. The fourth-order valence-corrected chi connectivity index (χ4v) is 4.24. The molecule has 0 bridgehead atoms. The van der Waals surface area contributed by atoms with Gasteiger partial charge in [0.25, 0.3) is 0 Å². The SMILES string of the molecule is O=C(NCc1ccc(Cl)cc1Cl)C1CCCN(Cc2ccc(Cl)cc2Cl)C1. The zero-order valence-corrected chi connectivity index (χ0v) is 17.7. The van der Waals surface area contributed by atoms with Crippen LogP contribution in [0.15, 0.2) is 36.4 Å². The number of amides is 1. The zero-order chi connectivity index (χ0) is 19.4. The second-order valence-electron chi connectivity index (χ2n) is 6.76. The molecule has 1 heterocycles. The van der Waals surface area contributed by atoms with E-state index in [1.54, 1.807) is 18.2 Å². The molecule has 1 fully saturated rings. The van der Waals surface area contributed by atoms with Crippen LogP contribution in [0, 0.1) is 5.92 Å². The van der Waals surface area contributed by atoms with Gasteiger partial charge in [0, 0.05) is 39.7 Å². The summed E-state index contributed by atoms with van der Waals surface area (Å²) in [4.78, 5) is 14.9. The highest BCUT2D eigenvalue weighted by atomic mass is 35.5. The Morgan fingerprint density at radius 2 is 1.63 bits per heavy atom. The lowest BCUT2D eigenvalue weighted by atomic mass is 9.96. The Bertz CT molecular complexity index is 828. The van der Waals surface area contributed by atoms with Crippen molar-refractivity contribution in [1.82, 2.24) is 10.2 Å². The van der Waals surface area contributed by atoms with Crippen molar-refractivity contribution in [2.24, 2.45) is 5.92 Å². The first-order valence-corrected chi connectivity index (χ1v) is 10.3. The second-order valence-corrected chi connectivity index (χ2v) is 8.45. The third-order valence-corrected chi connectivity index (χ3v) is 5.93. The van der Waals surface area contributed by atoms with Crippen LogP contribution in [0.2, 0.25) is 20.1 Å². The van der Waals surface area contributed by atoms with E-state index >= 15 is 0 Å². The molecule has 7 heteroatoms. The van der Waals surface area contributed by atoms with Crippen molar-refractivity contribution in [1.29, 1.82) is 0 Å². The molecule has 2 aromatic carbocycles. The van der Waals surface area contributed by atoms with E-state index in [9.17, 15) is 4.79 Å². The number of hydrogen-bond donors (Lipinski definition) is 1. The van der Waals surface area contributed by atoms with Crippen molar-refractivity contribution < 1.29 is 4.79 Å². The molecule has 1 atom stereocenters. The number of benzene rings is 2. The lowest BCUT2D eigenvalue weighted by Crippen LogP contribution is -2.42. The maximum atomic E-state index is 12.6. The lowest BCUT2D eigenvalue weighted by molar-refractivity contribution is -0.126. The van der Waals surface area contributed by atoms with E-state index in [0.29, 0.717) is 39.7 Å². The highest BCUT2D eigenvalue weighted by Crippen LogP contribution is 2.25. The van der Waals surface area contributed by atoms with Crippen LogP contribution in [-0.4, -0.2) is 23.9 Å². The number of piperidine rings is 1. The molecule has 1 amide bonds. The van der Waals surface area contributed by atoms with Crippen LogP contribution >= 0.6 is 46.4 Å². The van der Waals surface area contributed by atoms with Crippen molar-refractivity contribution in [3.8, 4) is 0 Å². The maximum absolute atomic E-state index is 12.6. The van der Waals surface area contributed by atoms with Crippen LogP contribution in [0.25, 0.3) is 0 Å². The van der Waals surface area contributed by atoms with Crippen LogP contribution in [0.5, 0.6) is 0 Å². The number of rotatable bonds is 5. The number of hydrogen-bond acceptors (Lipinski definition) is 2. The van der Waals surface area contributed by atoms with E-state index in [4.69, 9.17) is 46.4 Å². The van der Waals surface area contributed by atoms with E-state index in [2.05, 4.69) is 10.2 Å². The minimum Gasteiger partial charge on any atom is -0.352 e. The smallest absolute Gasteiger partial charge is 0.224 e. The van der Waals surface area contributed by atoms with Crippen LogP contribution in [0.3, 0.4) is 0 Å². The van der Waals surface area contributed by atoms with Gasteiger partial charge in [-0.05, 0) is 54.8 Å². The van der Waals surface area contributed by atoms with Gasteiger partial charge in [-0.25, -0.2) is 0 Å². The summed E-state index contributed by atoms with van der Waals surface area (Å²) in [6.07, 6.45) is 1.86. The van der Waals surface area contributed by atoms with E-state index in [1.807, 2.05) is 18.2 Å². The molecule has 1 aliphatic rings. The van der Waals surface area contributed by atoms with E-state index in [0.717, 1.165) is 30.5 Å². The third kappa shape index (κ3) is 5.75. The monoisotopic (exact) mass is 444 g/mol. The predicted molar refractivity (Wildman–Crippen MR) is 113 cm³/mol. The molecule has 0 spiro atoms. The number of halogens is 4. The topological polar surface area (TPSA) is 32.3 Å². The van der Waals surface area contributed by atoms with Crippen molar-refractivity contribution >= 4 is 52.3 Å². The highest BCUT2D eigenvalue weighted by Gasteiger charge is 2.26. The molecule has 0 aromatic heterocycles. The molecule has 1 aliphatic heterocycles. The average Bonchev–Trinajstić information content (AvgIpc) is 2.63. The largest absolute Gasteiger partial charge is 0.352 e.